The third kappa shape index (κ3) is 4.11. The smallest absolute Gasteiger partial charge is 0.243 e. The van der Waals surface area contributed by atoms with E-state index in [1.807, 2.05) is 24.3 Å². The van der Waals surface area contributed by atoms with Crippen molar-refractivity contribution in [3.05, 3.63) is 52.6 Å². The predicted octanol–water partition coefficient (Wildman–Crippen LogP) is 4.26. The molecule has 6 heteroatoms. The molecule has 2 aromatic rings. The average Bonchev–Trinajstić information content (AvgIpc) is 3.00. The molecule has 0 aliphatic carbocycles. The van der Waals surface area contributed by atoms with Crippen molar-refractivity contribution in [3.8, 4) is 11.5 Å². The predicted molar refractivity (Wildman–Crippen MR) is 128 cm³/mol. The van der Waals surface area contributed by atoms with Crippen LogP contribution in [-0.2, 0) is 17.6 Å². The van der Waals surface area contributed by atoms with Crippen LogP contribution in [0.3, 0.4) is 0 Å². The van der Waals surface area contributed by atoms with Crippen LogP contribution in [0.25, 0.3) is 0 Å². The molecule has 2 aliphatic rings. The number of aliphatic imine (C=N–C) groups is 1. The Balaban J connectivity index is 1.85. The summed E-state index contributed by atoms with van der Waals surface area (Å²) in [5, 5.41) is 2.93. The van der Waals surface area contributed by atoms with Crippen LogP contribution in [0, 0.1) is 0 Å². The van der Waals surface area contributed by atoms with Gasteiger partial charge in [-0.05, 0) is 71.7 Å². The molecule has 2 heterocycles. The van der Waals surface area contributed by atoms with Crippen LogP contribution >= 0.6 is 0 Å². The second-order valence-electron chi connectivity index (χ2n) is 10.7. The second kappa shape index (κ2) is 7.34. The summed E-state index contributed by atoms with van der Waals surface area (Å²) in [6.07, 6.45) is 1.59. The lowest BCUT2D eigenvalue weighted by Gasteiger charge is -2.31. The maximum atomic E-state index is 12.4. The summed E-state index contributed by atoms with van der Waals surface area (Å²) >= 11 is 0. The number of benzene rings is 2. The average molecular weight is 436 g/mol. The molecular weight excluding hydrogens is 402 g/mol. The van der Waals surface area contributed by atoms with E-state index < -0.39 is 5.54 Å². The van der Waals surface area contributed by atoms with Crippen molar-refractivity contribution in [1.82, 2.24) is 0 Å². The number of anilines is 1. The number of nitrogens with zero attached hydrogens (tertiary/aromatic N) is 1. The molecule has 170 valence electrons. The van der Waals surface area contributed by atoms with E-state index >= 15 is 0 Å². The van der Waals surface area contributed by atoms with E-state index in [4.69, 9.17) is 20.2 Å². The van der Waals surface area contributed by atoms with Gasteiger partial charge in [-0.2, -0.15) is 0 Å². The molecule has 4 rings (SSSR count). The minimum Gasteiger partial charge on any atom is -0.493 e. The molecule has 0 atom stereocenters. The normalized spacial score (nSPS) is 18.2. The molecule has 0 aromatic heterocycles. The molecule has 6 nitrogen and oxygen atoms in total. The number of carbonyl (C=O) groups excluding carboxylic acids is 1. The number of rotatable bonds is 4. The Kier molecular flexibility index (Phi) is 5.12. The fourth-order valence-corrected chi connectivity index (χ4v) is 4.47. The second-order valence-corrected chi connectivity index (χ2v) is 10.7. The van der Waals surface area contributed by atoms with Gasteiger partial charge in [0, 0.05) is 28.8 Å². The molecule has 0 saturated heterocycles. The number of ether oxygens (including phenoxy) is 2. The van der Waals surface area contributed by atoms with Crippen LogP contribution in [0.1, 0.15) is 63.8 Å². The van der Waals surface area contributed by atoms with Gasteiger partial charge in [-0.3, -0.25) is 9.79 Å². The van der Waals surface area contributed by atoms with Crippen molar-refractivity contribution >= 4 is 17.3 Å². The number of amides is 1. The van der Waals surface area contributed by atoms with Crippen LogP contribution < -0.4 is 20.5 Å². The van der Waals surface area contributed by atoms with Gasteiger partial charge in [-0.15, -0.1) is 0 Å². The van der Waals surface area contributed by atoms with Gasteiger partial charge in [0.1, 0.15) is 5.60 Å². The first-order valence-corrected chi connectivity index (χ1v) is 11.0. The maximum Gasteiger partial charge on any atom is 0.243 e. The highest BCUT2D eigenvalue weighted by molar-refractivity contribution is 6.16. The van der Waals surface area contributed by atoms with Crippen LogP contribution in [0.2, 0.25) is 0 Å². The lowest BCUT2D eigenvalue weighted by Crippen LogP contribution is -2.45. The van der Waals surface area contributed by atoms with E-state index in [9.17, 15) is 4.79 Å². The van der Waals surface area contributed by atoms with Crippen LogP contribution in [0.15, 0.2) is 35.3 Å². The van der Waals surface area contributed by atoms with Gasteiger partial charge in [0.15, 0.2) is 11.5 Å². The van der Waals surface area contributed by atoms with Crippen molar-refractivity contribution in [3.63, 3.8) is 0 Å². The van der Waals surface area contributed by atoms with E-state index in [1.54, 1.807) is 21.0 Å². The monoisotopic (exact) mass is 435 g/mol. The van der Waals surface area contributed by atoms with E-state index in [1.165, 1.54) is 5.56 Å². The molecule has 2 aromatic carbocycles. The lowest BCUT2D eigenvalue weighted by atomic mass is 9.81. The van der Waals surface area contributed by atoms with E-state index in [0.29, 0.717) is 5.69 Å². The summed E-state index contributed by atoms with van der Waals surface area (Å²) in [6.45, 7) is 11.8. The van der Waals surface area contributed by atoms with Gasteiger partial charge < -0.3 is 20.5 Å². The van der Waals surface area contributed by atoms with Gasteiger partial charge in [0.25, 0.3) is 0 Å². The largest absolute Gasteiger partial charge is 0.493 e. The van der Waals surface area contributed by atoms with Crippen LogP contribution in [0.4, 0.5) is 5.69 Å². The Morgan fingerprint density at radius 2 is 1.91 bits per heavy atom. The topological polar surface area (TPSA) is 85.9 Å². The zero-order valence-electron chi connectivity index (χ0n) is 20.1. The number of hydrogen-bond acceptors (Lipinski definition) is 5. The third-order valence-corrected chi connectivity index (χ3v) is 5.88. The molecule has 0 fully saturated rings. The highest BCUT2D eigenvalue weighted by atomic mass is 16.5. The highest BCUT2D eigenvalue weighted by Gasteiger charge is 2.39. The Labute approximate surface area is 190 Å². The Bertz CT molecular complexity index is 1120. The number of nitrogens with two attached hydrogens (primary N) is 1. The molecule has 0 radical (unpaired) electrons. The molecule has 3 N–H and O–H groups in total. The quantitative estimate of drug-likeness (QED) is 0.751. The number of carbonyl (C=O) groups is 1. The molecule has 0 unspecified atom stereocenters. The molecule has 0 bridgehead atoms. The van der Waals surface area contributed by atoms with Gasteiger partial charge in [0.05, 0.1) is 23.9 Å². The van der Waals surface area contributed by atoms with Crippen LogP contribution in [0.5, 0.6) is 11.5 Å². The lowest BCUT2D eigenvalue weighted by molar-refractivity contribution is -0.120. The molecule has 0 saturated carbocycles. The molecule has 0 spiro atoms. The Morgan fingerprint density at radius 3 is 2.56 bits per heavy atom. The number of nitrogens with one attached hydrogen (secondary N) is 1. The third-order valence-electron chi connectivity index (χ3n) is 5.88. The van der Waals surface area contributed by atoms with Gasteiger partial charge in [0.2, 0.25) is 5.91 Å². The summed E-state index contributed by atoms with van der Waals surface area (Å²) in [7, 11) is 1.69. The van der Waals surface area contributed by atoms with Crippen molar-refractivity contribution in [2.75, 3.05) is 12.4 Å². The van der Waals surface area contributed by atoms with Crippen molar-refractivity contribution in [1.29, 1.82) is 0 Å². The van der Waals surface area contributed by atoms with Crippen molar-refractivity contribution in [2.24, 2.45) is 10.7 Å². The minimum atomic E-state index is -0.965. The summed E-state index contributed by atoms with van der Waals surface area (Å²) in [5.41, 5.74) is 10.4. The highest BCUT2D eigenvalue weighted by Crippen LogP contribution is 2.47. The maximum absolute atomic E-state index is 12.4. The van der Waals surface area contributed by atoms with Gasteiger partial charge >= 0.3 is 0 Å². The van der Waals surface area contributed by atoms with E-state index in [0.717, 1.165) is 46.7 Å². The first kappa shape index (κ1) is 22.3. The summed E-state index contributed by atoms with van der Waals surface area (Å²) < 4.78 is 12.0. The minimum absolute atomic E-state index is 0.234. The standard InChI is InChI=1S/C26H33N3O3/c1-24(2)13-16-12-19(31-7)22-18(14-25(3,4)32-22)20(16)21(29-24)15-9-8-10-17(11-15)28-23(30)26(5,6)27/h8-12H,13-14,27H2,1-7H3,(H,28,30). The summed E-state index contributed by atoms with van der Waals surface area (Å²) in [6, 6.07) is 9.89. The Hall–Kier alpha value is -2.86. The fraction of sp³-hybridized carbons (Fsp3) is 0.462. The first-order chi connectivity index (χ1) is 14.8. The van der Waals surface area contributed by atoms with Crippen LogP contribution in [-0.4, -0.2) is 35.4 Å². The van der Waals surface area contributed by atoms with E-state index in [2.05, 4.69) is 39.1 Å². The summed E-state index contributed by atoms with van der Waals surface area (Å²) in [4.78, 5) is 17.6. The van der Waals surface area contributed by atoms with Gasteiger partial charge in [-0.1, -0.05) is 12.1 Å². The molecule has 2 aliphatic heterocycles. The van der Waals surface area contributed by atoms with Crippen molar-refractivity contribution < 1.29 is 14.3 Å². The molecule has 1 amide bonds. The zero-order chi connectivity index (χ0) is 23.5. The van der Waals surface area contributed by atoms with E-state index in [-0.39, 0.29) is 17.0 Å². The fourth-order valence-electron chi connectivity index (χ4n) is 4.47. The van der Waals surface area contributed by atoms with Crippen molar-refractivity contribution in [2.45, 2.75) is 71.1 Å². The SMILES string of the molecule is COc1cc2c(c3c1OC(C)(C)C3)C(c1cccc(NC(=O)C(C)(C)N)c1)=NC(C)(C)C2. The zero-order valence-corrected chi connectivity index (χ0v) is 20.1. The molecular formula is C26H33N3O3. The number of methoxy groups -OCH3 is 1. The number of hydrogen-bond donors (Lipinski definition) is 2. The van der Waals surface area contributed by atoms with Gasteiger partial charge in [-0.25, -0.2) is 0 Å². The number of fused-ring (bicyclic) bond motifs is 3. The summed E-state index contributed by atoms with van der Waals surface area (Å²) in [5.74, 6) is 1.34. The molecule has 32 heavy (non-hydrogen) atoms. The first-order valence-electron chi connectivity index (χ1n) is 11.0. The Morgan fingerprint density at radius 1 is 1.19 bits per heavy atom.